The molecule has 1 aliphatic heterocycles. The van der Waals surface area contributed by atoms with E-state index in [9.17, 15) is 4.79 Å². The smallest absolute Gasteiger partial charge is 0.223 e. The molecule has 2 aliphatic rings. The molecule has 1 saturated heterocycles. The molecule has 0 unspecified atom stereocenters. The summed E-state index contributed by atoms with van der Waals surface area (Å²) in [4.78, 5) is 14.6. The van der Waals surface area contributed by atoms with Gasteiger partial charge < -0.3 is 10.2 Å². The molecule has 23 heavy (non-hydrogen) atoms. The van der Waals surface area contributed by atoms with E-state index in [4.69, 9.17) is 0 Å². The molecule has 1 aromatic heterocycles. The molecule has 1 aliphatic carbocycles. The average molecular weight is 316 g/mol. The van der Waals surface area contributed by atoms with E-state index in [0.717, 1.165) is 44.0 Å². The summed E-state index contributed by atoms with van der Waals surface area (Å²) < 4.78 is 0. The molecule has 2 fully saturated rings. The van der Waals surface area contributed by atoms with Crippen molar-refractivity contribution in [2.45, 2.75) is 51.9 Å². The molecule has 1 aromatic rings. The summed E-state index contributed by atoms with van der Waals surface area (Å²) in [7, 11) is 0. The highest BCUT2D eigenvalue weighted by Gasteiger charge is 2.26. The quantitative estimate of drug-likeness (QED) is 0.928. The van der Waals surface area contributed by atoms with Gasteiger partial charge in [-0.25, -0.2) is 0 Å². The predicted octanol–water partition coefficient (Wildman–Crippen LogP) is 2.70. The van der Waals surface area contributed by atoms with Gasteiger partial charge in [0.05, 0.1) is 5.69 Å². The number of anilines is 1. The van der Waals surface area contributed by atoms with Gasteiger partial charge in [-0.3, -0.25) is 4.79 Å². The Bertz CT molecular complexity index is 502. The number of carbonyl (C=O) groups excluding carboxylic acids is 1. The van der Waals surface area contributed by atoms with Crippen molar-refractivity contribution in [1.29, 1.82) is 0 Å². The van der Waals surface area contributed by atoms with E-state index >= 15 is 0 Å². The summed E-state index contributed by atoms with van der Waals surface area (Å²) in [6, 6.07) is 4.01. The number of aryl methyl sites for hydroxylation is 1. The summed E-state index contributed by atoms with van der Waals surface area (Å²) in [6.45, 7) is 4.60. The fourth-order valence-corrected chi connectivity index (χ4v) is 3.71. The summed E-state index contributed by atoms with van der Waals surface area (Å²) in [5.74, 6) is 2.05. The van der Waals surface area contributed by atoms with Gasteiger partial charge in [0.15, 0.2) is 5.82 Å². The van der Waals surface area contributed by atoms with Gasteiger partial charge in [0, 0.05) is 25.6 Å². The Balaban J connectivity index is 1.42. The maximum atomic E-state index is 12.4. The van der Waals surface area contributed by atoms with Crippen molar-refractivity contribution in [2.24, 2.45) is 11.8 Å². The Morgan fingerprint density at radius 1 is 1.13 bits per heavy atom. The van der Waals surface area contributed by atoms with E-state index < -0.39 is 0 Å². The summed E-state index contributed by atoms with van der Waals surface area (Å²) in [6.07, 6.45) is 8.41. The van der Waals surface area contributed by atoms with Crippen molar-refractivity contribution in [1.82, 2.24) is 15.5 Å². The van der Waals surface area contributed by atoms with Gasteiger partial charge in [-0.2, -0.15) is 5.10 Å². The van der Waals surface area contributed by atoms with Crippen molar-refractivity contribution in [2.75, 3.05) is 24.5 Å². The van der Waals surface area contributed by atoms with E-state index in [0.29, 0.717) is 5.92 Å². The minimum absolute atomic E-state index is 0.160. The van der Waals surface area contributed by atoms with Crippen LogP contribution in [0.3, 0.4) is 0 Å². The van der Waals surface area contributed by atoms with Crippen LogP contribution >= 0.6 is 0 Å². The highest BCUT2D eigenvalue weighted by Crippen LogP contribution is 2.24. The zero-order valence-corrected chi connectivity index (χ0v) is 14.1. The molecule has 1 N–H and O–H groups in total. The fourth-order valence-electron chi connectivity index (χ4n) is 3.71. The molecular formula is C18H28N4O. The SMILES string of the molecule is Cc1ccc(N2CCC(C(=O)NCC3CCCCC3)CC2)nn1. The lowest BCUT2D eigenvalue weighted by molar-refractivity contribution is -0.125. The van der Waals surface area contributed by atoms with E-state index in [1.807, 2.05) is 19.1 Å². The molecule has 0 bridgehead atoms. The number of amides is 1. The topological polar surface area (TPSA) is 58.1 Å². The number of nitrogens with zero attached hydrogens (tertiary/aromatic N) is 3. The van der Waals surface area contributed by atoms with Gasteiger partial charge in [-0.1, -0.05) is 19.3 Å². The second kappa shape index (κ2) is 7.75. The summed E-state index contributed by atoms with van der Waals surface area (Å²) in [5.41, 5.74) is 0.936. The number of hydrogen-bond donors (Lipinski definition) is 1. The molecule has 2 heterocycles. The van der Waals surface area contributed by atoms with E-state index in [2.05, 4.69) is 20.4 Å². The van der Waals surface area contributed by atoms with Crippen molar-refractivity contribution < 1.29 is 4.79 Å². The van der Waals surface area contributed by atoms with E-state index in [-0.39, 0.29) is 11.8 Å². The van der Waals surface area contributed by atoms with Crippen molar-refractivity contribution in [3.63, 3.8) is 0 Å². The molecule has 5 nitrogen and oxygen atoms in total. The lowest BCUT2D eigenvalue weighted by Crippen LogP contribution is -2.42. The van der Waals surface area contributed by atoms with Crippen molar-refractivity contribution in [3.05, 3.63) is 17.8 Å². The molecule has 0 atom stereocenters. The number of carbonyl (C=O) groups is 1. The Morgan fingerprint density at radius 3 is 2.52 bits per heavy atom. The van der Waals surface area contributed by atoms with Gasteiger partial charge in [-0.05, 0) is 50.7 Å². The fraction of sp³-hybridized carbons (Fsp3) is 0.722. The lowest BCUT2D eigenvalue weighted by Gasteiger charge is -2.32. The first-order valence-corrected chi connectivity index (χ1v) is 9.05. The molecule has 5 heteroatoms. The Hall–Kier alpha value is -1.65. The van der Waals surface area contributed by atoms with Crippen LogP contribution in [0.15, 0.2) is 12.1 Å². The summed E-state index contributed by atoms with van der Waals surface area (Å²) in [5, 5.41) is 11.6. The van der Waals surface area contributed by atoms with Gasteiger partial charge in [0.2, 0.25) is 5.91 Å². The predicted molar refractivity (Wildman–Crippen MR) is 91.3 cm³/mol. The highest BCUT2D eigenvalue weighted by molar-refractivity contribution is 5.78. The third kappa shape index (κ3) is 4.43. The number of hydrogen-bond acceptors (Lipinski definition) is 4. The number of piperidine rings is 1. The van der Waals surface area contributed by atoms with Crippen LogP contribution in [0.25, 0.3) is 0 Å². The van der Waals surface area contributed by atoms with E-state index in [1.165, 1.54) is 32.1 Å². The van der Waals surface area contributed by atoms with Gasteiger partial charge in [0.1, 0.15) is 0 Å². The second-order valence-electron chi connectivity index (χ2n) is 7.04. The first-order chi connectivity index (χ1) is 11.2. The minimum Gasteiger partial charge on any atom is -0.356 e. The Morgan fingerprint density at radius 2 is 1.87 bits per heavy atom. The molecule has 3 rings (SSSR count). The maximum absolute atomic E-state index is 12.4. The standard InChI is InChI=1S/C18H28N4O/c1-14-7-8-17(21-20-14)22-11-9-16(10-12-22)18(23)19-13-15-5-3-2-4-6-15/h7-8,15-16H,2-6,9-13H2,1H3,(H,19,23). The van der Waals surface area contributed by atoms with Crippen LogP contribution in [-0.4, -0.2) is 35.7 Å². The first kappa shape index (κ1) is 16.2. The largest absolute Gasteiger partial charge is 0.356 e. The monoisotopic (exact) mass is 316 g/mol. The molecule has 0 spiro atoms. The third-order valence-corrected chi connectivity index (χ3v) is 5.26. The van der Waals surface area contributed by atoms with Crippen LogP contribution in [-0.2, 0) is 4.79 Å². The number of aromatic nitrogens is 2. The molecule has 0 radical (unpaired) electrons. The average Bonchev–Trinajstić information content (AvgIpc) is 2.61. The van der Waals surface area contributed by atoms with Crippen LogP contribution in [0.5, 0.6) is 0 Å². The Kier molecular flexibility index (Phi) is 5.47. The maximum Gasteiger partial charge on any atom is 0.223 e. The van der Waals surface area contributed by atoms with Crippen LogP contribution in [0.1, 0.15) is 50.6 Å². The normalized spacial score (nSPS) is 20.5. The zero-order chi connectivity index (χ0) is 16.1. The number of nitrogens with one attached hydrogen (secondary N) is 1. The molecular weight excluding hydrogens is 288 g/mol. The number of rotatable bonds is 4. The van der Waals surface area contributed by atoms with Crippen LogP contribution in [0.2, 0.25) is 0 Å². The Labute approximate surface area is 138 Å². The van der Waals surface area contributed by atoms with Crippen molar-refractivity contribution in [3.8, 4) is 0 Å². The molecule has 1 saturated carbocycles. The lowest BCUT2D eigenvalue weighted by atomic mass is 9.89. The molecule has 1 amide bonds. The van der Waals surface area contributed by atoms with Crippen LogP contribution < -0.4 is 10.2 Å². The van der Waals surface area contributed by atoms with E-state index in [1.54, 1.807) is 0 Å². The zero-order valence-electron chi connectivity index (χ0n) is 14.1. The minimum atomic E-state index is 0.160. The first-order valence-electron chi connectivity index (χ1n) is 9.05. The van der Waals surface area contributed by atoms with Crippen LogP contribution in [0, 0.1) is 18.8 Å². The van der Waals surface area contributed by atoms with Gasteiger partial charge in [0.25, 0.3) is 0 Å². The highest BCUT2D eigenvalue weighted by atomic mass is 16.1. The van der Waals surface area contributed by atoms with Gasteiger partial charge >= 0.3 is 0 Å². The second-order valence-corrected chi connectivity index (χ2v) is 7.04. The molecule has 0 aromatic carbocycles. The van der Waals surface area contributed by atoms with Gasteiger partial charge in [-0.15, -0.1) is 5.10 Å². The molecule has 126 valence electrons. The van der Waals surface area contributed by atoms with Crippen LogP contribution in [0.4, 0.5) is 5.82 Å². The van der Waals surface area contributed by atoms with Crippen molar-refractivity contribution >= 4 is 11.7 Å². The summed E-state index contributed by atoms with van der Waals surface area (Å²) >= 11 is 0. The third-order valence-electron chi connectivity index (χ3n) is 5.26.